The highest BCUT2D eigenvalue weighted by Gasteiger charge is 2.04. The van der Waals surface area contributed by atoms with Crippen molar-refractivity contribution in [1.29, 1.82) is 0 Å². The van der Waals surface area contributed by atoms with Crippen LogP contribution in [-0.4, -0.2) is 11.0 Å². The van der Waals surface area contributed by atoms with Gasteiger partial charge in [0.2, 0.25) is 0 Å². The fraction of sp³-hybridized carbons (Fsp3) is 0.143. The number of hydrogen-bond donors (Lipinski definition) is 2. The zero-order chi connectivity index (χ0) is 13.8. The van der Waals surface area contributed by atoms with E-state index in [0.29, 0.717) is 16.5 Å². The third-order valence-electron chi connectivity index (χ3n) is 2.42. The van der Waals surface area contributed by atoms with E-state index >= 15 is 0 Å². The van der Waals surface area contributed by atoms with Crippen LogP contribution in [0.4, 0.5) is 16.3 Å². The molecule has 1 aromatic heterocycles. The van der Waals surface area contributed by atoms with E-state index < -0.39 is 0 Å². The fourth-order valence-electron chi connectivity index (χ4n) is 1.75. The number of hydrogen-bond acceptors (Lipinski definition) is 2. The van der Waals surface area contributed by atoms with Crippen molar-refractivity contribution in [2.45, 2.75) is 13.8 Å². The van der Waals surface area contributed by atoms with Crippen LogP contribution in [0.15, 0.2) is 36.4 Å². The van der Waals surface area contributed by atoms with Crippen molar-refractivity contribution < 1.29 is 4.79 Å². The van der Waals surface area contributed by atoms with Gasteiger partial charge in [-0.1, -0.05) is 17.7 Å². The molecule has 5 heteroatoms. The number of aromatic nitrogens is 1. The number of pyridine rings is 1. The van der Waals surface area contributed by atoms with E-state index in [1.165, 1.54) is 0 Å². The summed E-state index contributed by atoms with van der Waals surface area (Å²) in [5.74, 6) is 0.525. The van der Waals surface area contributed by atoms with E-state index in [0.717, 1.165) is 11.3 Å². The Hall–Kier alpha value is -2.07. The molecule has 1 heterocycles. The Kier molecular flexibility index (Phi) is 4.02. The lowest BCUT2D eigenvalue weighted by Crippen LogP contribution is -2.20. The molecule has 0 aliphatic heterocycles. The van der Waals surface area contributed by atoms with Crippen molar-refractivity contribution in [1.82, 2.24) is 4.98 Å². The molecule has 0 radical (unpaired) electrons. The van der Waals surface area contributed by atoms with Gasteiger partial charge in [-0.2, -0.15) is 0 Å². The predicted octanol–water partition coefficient (Wildman–Crippen LogP) is 4.00. The Morgan fingerprint density at radius 1 is 1.16 bits per heavy atom. The Labute approximate surface area is 116 Å². The van der Waals surface area contributed by atoms with E-state index in [9.17, 15) is 4.79 Å². The summed E-state index contributed by atoms with van der Waals surface area (Å²) < 4.78 is 0. The number of halogens is 1. The van der Waals surface area contributed by atoms with Gasteiger partial charge in [-0.3, -0.25) is 5.32 Å². The number of nitrogens with zero attached hydrogens (tertiary/aromatic N) is 1. The third kappa shape index (κ3) is 3.96. The molecule has 1 aromatic carbocycles. The number of urea groups is 1. The lowest BCUT2D eigenvalue weighted by atomic mass is 10.2. The second-order valence-corrected chi connectivity index (χ2v) is 4.70. The highest BCUT2D eigenvalue weighted by atomic mass is 35.5. The topological polar surface area (TPSA) is 54.0 Å². The number of anilines is 2. The zero-order valence-corrected chi connectivity index (χ0v) is 11.5. The molecule has 0 fully saturated rings. The van der Waals surface area contributed by atoms with Crippen LogP contribution in [0.1, 0.15) is 11.3 Å². The number of amides is 2. The second kappa shape index (κ2) is 5.71. The molecule has 19 heavy (non-hydrogen) atoms. The molecule has 2 aromatic rings. The monoisotopic (exact) mass is 275 g/mol. The van der Waals surface area contributed by atoms with E-state index in [-0.39, 0.29) is 6.03 Å². The lowest BCUT2D eigenvalue weighted by Gasteiger charge is -2.08. The molecule has 0 aliphatic carbocycles. The summed E-state index contributed by atoms with van der Waals surface area (Å²) in [6, 6.07) is 10.4. The van der Waals surface area contributed by atoms with Crippen LogP contribution in [0.25, 0.3) is 0 Å². The van der Waals surface area contributed by atoms with Crippen molar-refractivity contribution >= 4 is 29.1 Å². The van der Waals surface area contributed by atoms with Crippen LogP contribution in [0.5, 0.6) is 0 Å². The second-order valence-electron chi connectivity index (χ2n) is 4.26. The van der Waals surface area contributed by atoms with Crippen molar-refractivity contribution in [2.75, 3.05) is 10.6 Å². The first-order valence-electron chi connectivity index (χ1n) is 5.82. The molecule has 0 saturated carbocycles. The van der Waals surface area contributed by atoms with E-state index in [1.807, 2.05) is 26.0 Å². The molecule has 0 saturated heterocycles. The number of benzene rings is 1. The van der Waals surface area contributed by atoms with E-state index in [1.54, 1.807) is 24.3 Å². The average Bonchev–Trinajstić information content (AvgIpc) is 2.26. The molecule has 2 N–H and O–H groups in total. The summed E-state index contributed by atoms with van der Waals surface area (Å²) in [5, 5.41) is 5.95. The van der Waals surface area contributed by atoms with Crippen LogP contribution >= 0.6 is 11.6 Å². The summed E-state index contributed by atoms with van der Waals surface area (Å²) in [6.07, 6.45) is 0. The van der Waals surface area contributed by atoms with Crippen molar-refractivity contribution in [2.24, 2.45) is 0 Å². The Bertz CT molecular complexity index is 593. The number of nitrogens with one attached hydrogen (secondary N) is 2. The number of carbonyl (C=O) groups is 1. The third-order valence-corrected chi connectivity index (χ3v) is 2.66. The van der Waals surface area contributed by atoms with Gasteiger partial charge in [-0.15, -0.1) is 0 Å². The van der Waals surface area contributed by atoms with Crippen molar-refractivity contribution in [3.63, 3.8) is 0 Å². The molecule has 0 bridgehead atoms. The zero-order valence-electron chi connectivity index (χ0n) is 10.7. The Morgan fingerprint density at radius 2 is 1.95 bits per heavy atom. The summed E-state index contributed by atoms with van der Waals surface area (Å²) in [6.45, 7) is 3.84. The molecule has 0 spiro atoms. The van der Waals surface area contributed by atoms with Gasteiger partial charge in [-0.25, -0.2) is 9.78 Å². The van der Waals surface area contributed by atoms with E-state index in [4.69, 9.17) is 11.6 Å². The molecule has 4 nitrogen and oxygen atoms in total. The summed E-state index contributed by atoms with van der Waals surface area (Å²) in [7, 11) is 0. The van der Waals surface area contributed by atoms with Crippen LogP contribution in [0.3, 0.4) is 0 Å². The minimum atomic E-state index is -0.347. The van der Waals surface area contributed by atoms with Crippen molar-refractivity contribution in [3.8, 4) is 0 Å². The molecule has 0 aliphatic rings. The predicted molar refractivity (Wildman–Crippen MR) is 77.8 cm³/mol. The summed E-state index contributed by atoms with van der Waals surface area (Å²) in [4.78, 5) is 16.0. The maximum atomic E-state index is 11.8. The highest BCUT2D eigenvalue weighted by Crippen LogP contribution is 2.15. The van der Waals surface area contributed by atoms with E-state index in [2.05, 4.69) is 15.6 Å². The maximum absolute atomic E-state index is 11.8. The van der Waals surface area contributed by atoms with Crippen LogP contribution in [0.2, 0.25) is 5.02 Å². The first-order valence-corrected chi connectivity index (χ1v) is 6.19. The molecule has 2 rings (SSSR count). The van der Waals surface area contributed by atoms with Gasteiger partial charge < -0.3 is 5.32 Å². The van der Waals surface area contributed by atoms with Gasteiger partial charge >= 0.3 is 6.03 Å². The number of aryl methyl sites for hydroxylation is 2. The number of rotatable bonds is 2. The standard InChI is InChI=1S/C14H14ClN3O/c1-9-6-10(2)16-13(7-9)18-14(19)17-12-5-3-4-11(15)8-12/h3-8H,1-2H3,(H2,16,17,18,19). The fourth-order valence-corrected chi connectivity index (χ4v) is 1.94. The normalized spacial score (nSPS) is 10.1. The molecule has 98 valence electrons. The first kappa shape index (κ1) is 13.4. The largest absolute Gasteiger partial charge is 0.324 e. The highest BCUT2D eigenvalue weighted by molar-refractivity contribution is 6.30. The smallest absolute Gasteiger partial charge is 0.308 e. The minimum absolute atomic E-state index is 0.347. The molecular formula is C14H14ClN3O. The van der Waals surface area contributed by atoms with Crippen LogP contribution in [-0.2, 0) is 0 Å². The Morgan fingerprint density at radius 3 is 2.63 bits per heavy atom. The van der Waals surface area contributed by atoms with Crippen molar-refractivity contribution in [3.05, 3.63) is 52.7 Å². The van der Waals surface area contributed by atoms with Crippen LogP contribution < -0.4 is 10.6 Å². The van der Waals surface area contributed by atoms with Gasteiger partial charge in [0.15, 0.2) is 0 Å². The van der Waals surface area contributed by atoms with Gasteiger partial charge in [0, 0.05) is 16.4 Å². The minimum Gasteiger partial charge on any atom is -0.308 e. The quantitative estimate of drug-likeness (QED) is 0.870. The van der Waals surface area contributed by atoms with Gasteiger partial charge in [0.1, 0.15) is 5.82 Å². The molecule has 2 amide bonds. The molecular weight excluding hydrogens is 262 g/mol. The van der Waals surface area contributed by atoms with Gasteiger partial charge in [0.25, 0.3) is 0 Å². The molecule has 0 unspecified atom stereocenters. The molecule has 0 atom stereocenters. The SMILES string of the molecule is Cc1cc(C)nc(NC(=O)Nc2cccc(Cl)c2)c1. The summed E-state index contributed by atoms with van der Waals surface area (Å²) in [5.41, 5.74) is 2.54. The van der Waals surface area contributed by atoms with Gasteiger partial charge in [0.05, 0.1) is 0 Å². The average molecular weight is 276 g/mol. The number of carbonyl (C=O) groups excluding carboxylic acids is 1. The summed E-state index contributed by atoms with van der Waals surface area (Å²) >= 11 is 5.85. The maximum Gasteiger partial charge on any atom is 0.324 e. The van der Waals surface area contributed by atoms with Gasteiger partial charge in [-0.05, 0) is 49.7 Å². The Balaban J connectivity index is 2.05. The lowest BCUT2D eigenvalue weighted by molar-refractivity contribution is 0.262. The van der Waals surface area contributed by atoms with Crippen LogP contribution in [0, 0.1) is 13.8 Å². The first-order chi connectivity index (χ1) is 9.02.